The SMILES string of the molecule is CC(C#N)CNc1ccccc1-c1ccccc1. The van der Waals surface area contributed by atoms with Crippen molar-refractivity contribution in [3.63, 3.8) is 0 Å². The van der Waals surface area contributed by atoms with Gasteiger partial charge in [-0.2, -0.15) is 5.26 Å². The van der Waals surface area contributed by atoms with Crippen molar-refractivity contribution in [1.82, 2.24) is 0 Å². The van der Waals surface area contributed by atoms with Crippen molar-refractivity contribution in [2.45, 2.75) is 6.92 Å². The number of nitrogens with zero attached hydrogens (tertiary/aromatic N) is 1. The molecule has 0 fully saturated rings. The van der Waals surface area contributed by atoms with E-state index in [-0.39, 0.29) is 5.92 Å². The third-order valence-electron chi connectivity index (χ3n) is 2.83. The molecule has 0 aliphatic heterocycles. The van der Waals surface area contributed by atoms with Gasteiger partial charge in [0, 0.05) is 17.8 Å². The van der Waals surface area contributed by atoms with Crippen LogP contribution in [0.25, 0.3) is 11.1 Å². The second-order valence-electron chi connectivity index (χ2n) is 4.32. The smallest absolute Gasteiger partial charge is 0.0671 e. The predicted molar refractivity (Wildman–Crippen MR) is 75.1 cm³/mol. The summed E-state index contributed by atoms with van der Waals surface area (Å²) in [7, 11) is 0. The molecule has 0 spiro atoms. The molecule has 0 bridgehead atoms. The highest BCUT2D eigenvalue weighted by molar-refractivity contribution is 5.77. The van der Waals surface area contributed by atoms with Crippen LogP contribution in [0.4, 0.5) is 5.69 Å². The van der Waals surface area contributed by atoms with Gasteiger partial charge in [-0.1, -0.05) is 48.5 Å². The first-order chi connectivity index (χ1) is 8.81. The molecule has 0 radical (unpaired) electrons. The summed E-state index contributed by atoms with van der Waals surface area (Å²) in [5.41, 5.74) is 3.43. The van der Waals surface area contributed by atoms with Crippen LogP contribution in [-0.2, 0) is 0 Å². The monoisotopic (exact) mass is 236 g/mol. The summed E-state index contributed by atoms with van der Waals surface area (Å²) in [5, 5.41) is 12.1. The molecule has 2 aromatic rings. The highest BCUT2D eigenvalue weighted by Crippen LogP contribution is 2.27. The first-order valence-corrected chi connectivity index (χ1v) is 6.09. The van der Waals surface area contributed by atoms with E-state index >= 15 is 0 Å². The van der Waals surface area contributed by atoms with Crippen LogP contribution in [-0.4, -0.2) is 6.54 Å². The largest absolute Gasteiger partial charge is 0.383 e. The third kappa shape index (κ3) is 2.89. The summed E-state index contributed by atoms with van der Waals surface area (Å²) in [4.78, 5) is 0. The molecule has 0 aliphatic rings. The van der Waals surface area contributed by atoms with Gasteiger partial charge < -0.3 is 5.32 Å². The van der Waals surface area contributed by atoms with Crippen molar-refractivity contribution in [1.29, 1.82) is 5.26 Å². The van der Waals surface area contributed by atoms with Crippen molar-refractivity contribution in [2.24, 2.45) is 5.92 Å². The first kappa shape index (κ1) is 12.2. The number of rotatable bonds is 4. The summed E-state index contributed by atoms with van der Waals surface area (Å²) in [6.07, 6.45) is 0. The van der Waals surface area contributed by atoms with Gasteiger partial charge in [0.05, 0.1) is 12.0 Å². The van der Waals surface area contributed by atoms with Gasteiger partial charge in [0.1, 0.15) is 0 Å². The van der Waals surface area contributed by atoms with Crippen LogP contribution in [0.15, 0.2) is 54.6 Å². The minimum Gasteiger partial charge on any atom is -0.383 e. The number of nitriles is 1. The maximum Gasteiger partial charge on any atom is 0.0671 e. The lowest BCUT2D eigenvalue weighted by molar-refractivity contribution is 0.786. The van der Waals surface area contributed by atoms with Crippen LogP contribution < -0.4 is 5.32 Å². The maximum atomic E-state index is 8.81. The Morgan fingerprint density at radius 3 is 2.44 bits per heavy atom. The van der Waals surface area contributed by atoms with E-state index < -0.39 is 0 Å². The second kappa shape index (κ2) is 5.88. The van der Waals surface area contributed by atoms with E-state index in [0.717, 1.165) is 5.69 Å². The van der Waals surface area contributed by atoms with Crippen LogP contribution in [0.3, 0.4) is 0 Å². The van der Waals surface area contributed by atoms with Crippen LogP contribution >= 0.6 is 0 Å². The Balaban J connectivity index is 2.24. The summed E-state index contributed by atoms with van der Waals surface area (Å²) < 4.78 is 0. The van der Waals surface area contributed by atoms with Gasteiger partial charge in [0.15, 0.2) is 0 Å². The quantitative estimate of drug-likeness (QED) is 0.873. The first-order valence-electron chi connectivity index (χ1n) is 6.09. The van der Waals surface area contributed by atoms with Gasteiger partial charge in [-0.3, -0.25) is 0 Å². The molecule has 18 heavy (non-hydrogen) atoms. The number of hydrogen-bond donors (Lipinski definition) is 1. The highest BCUT2D eigenvalue weighted by atomic mass is 14.9. The van der Waals surface area contributed by atoms with E-state index in [9.17, 15) is 0 Å². The number of benzene rings is 2. The summed E-state index contributed by atoms with van der Waals surface area (Å²) in [6.45, 7) is 2.58. The van der Waals surface area contributed by atoms with Crippen molar-refractivity contribution < 1.29 is 0 Å². The second-order valence-corrected chi connectivity index (χ2v) is 4.32. The van der Waals surface area contributed by atoms with Gasteiger partial charge in [-0.15, -0.1) is 0 Å². The molecule has 1 atom stereocenters. The Morgan fingerprint density at radius 1 is 1.06 bits per heavy atom. The zero-order valence-electron chi connectivity index (χ0n) is 10.4. The van der Waals surface area contributed by atoms with E-state index in [1.807, 2.05) is 43.3 Å². The van der Waals surface area contributed by atoms with Crippen molar-refractivity contribution in [2.75, 3.05) is 11.9 Å². The average molecular weight is 236 g/mol. The van der Waals surface area contributed by atoms with Gasteiger partial charge in [0.2, 0.25) is 0 Å². The predicted octanol–water partition coefficient (Wildman–Crippen LogP) is 3.93. The molecular weight excluding hydrogens is 220 g/mol. The van der Waals surface area contributed by atoms with E-state index in [2.05, 4.69) is 29.6 Å². The Hall–Kier alpha value is -2.27. The zero-order valence-corrected chi connectivity index (χ0v) is 10.4. The Bertz CT molecular complexity index is 541. The lowest BCUT2D eigenvalue weighted by atomic mass is 10.0. The molecule has 2 nitrogen and oxygen atoms in total. The number of nitrogens with one attached hydrogen (secondary N) is 1. The molecule has 90 valence electrons. The van der Waals surface area contributed by atoms with Gasteiger partial charge >= 0.3 is 0 Å². The molecular formula is C16H16N2. The van der Waals surface area contributed by atoms with Crippen LogP contribution in [0, 0.1) is 17.2 Å². The highest BCUT2D eigenvalue weighted by Gasteiger charge is 2.05. The van der Waals surface area contributed by atoms with E-state index in [0.29, 0.717) is 6.54 Å². The molecule has 1 N–H and O–H groups in total. The van der Waals surface area contributed by atoms with Crippen molar-refractivity contribution >= 4 is 5.69 Å². The average Bonchev–Trinajstić information content (AvgIpc) is 2.46. The van der Waals surface area contributed by atoms with Gasteiger partial charge in [0.25, 0.3) is 0 Å². The minimum atomic E-state index is 0.00818. The number of hydrogen-bond acceptors (Lipinski definition) is 2. The van der Waals surface area contributed by atoms with E-state index in [1.54, 1.807) is 0 Å². The molecule has 2 heteroatoms. The molecule has 0 aliphatic carbocycles. The zero-order chi connectivity index (χ0) is 12.8. The van der Waals surface area contributed by atoms with Gasteiger partial charge in [-0.05, 0) is 18.6 Å². The third-order valence-corrected chi connectivity index (χ3v) is 2.83. The molecule has 2 aromatic carbocycles. The van der Waals surface area contributed by atoms with Crippen LogP contribution in [0.1, 0.15) is 6.92 Å². The molecule has 1 unspecified atom stereocenters. The fourth-order valence-corrected chi connectivity index (χ4v) is 1.82. The summed E-state index contributed by atoms with van der Waals surface area (Å²) in [6, 6.07) is 20.7. The lowest BCUT2D eigenvalue weighted by Crippen LogP contribution is -2.09. The maximum absolute atomic E-state index is 8.81. The summed E-state index contributed by atoms with van der Waals surface area (Å²) in [5.74, 6) is 0.00818. The minimum absolute atomic E-state index is 0.00818. The van der Waals surface area contributed by atoms with Crippen LogP contribution in [0.2, 0.25) is 0 Å². The topological polar surface area (TPSA) is 35.8 Å². The molecule has 0 aromatic heterocycles. The molecule has 0 amide bonds. The van der Waals surface area contributed by atoms with E-state index in [1.165, 1.54) is 11.1 Å². The van der Waals surface area contributed by atoms with Crippen molar-refractivity contribution in [3.8, 4) is 17.2 Å². The van der Waals surface area contributed by atoms with Gasteiger partial charge in [-0.25, -0.2) is 0 Å². The standard InChI is InChI=1S/C16H16N2/c1-13(11-17)12-18-16-10-6-5-9-15(16)14-7-3-2-4-8-14/h2-10,13,18H,12H2,1H3. The Morgan fingerprint density at radius 2 is 1.72 bits per heavy atom. The Labute approximate surface area is 108 Å². The fraction of sp³-hybridized carbons (Fsp3) is 0.188. The number of anilines is 1. The molecule has 0 saturated heterocycles. The normalized spacial score (nSPS) is 11.6. The number of para-hydroxylation sites is 1. The molecule has 0 heterocycles. The van der Waals surface area contributed by atoms with Crippen LogP contribution in [0.5, 0.6) is 0 Å². The molecule has 2 rings (SSSR count). The lowest BCUT2D eigenvalue weighted by Gasteiger charge is -2.12. The Kier molecular flexibility index (Phi) is 3.98. The van der Waals surface area contributed by atoms with E-state index in [4.69, 9.17) is 5.26 Å². The molecule has 0 saturated carbocycles. The van der Waals surface area contributed by atoms with Crippen molar-refractivity contribution in [3.05, 3.63) is 54.6 Å². The fourth-order valence-electron chi connectivity index (χ4n) is 1.82. The summed E-state index contributed by atoms with van der Waals surface area (Å²) >= 11 is 0.